The zero-order valence-corrected chi connectivity index (χ0v) is 14.0. The van der Waals surface area contributed by atoms with Crippen molar-refractivity contribution in [3.8, 4) is 0 Å². The fourth-order valence-electron chi connectivity index (χ4n) is 2.39. The predicted octanol–water partition coefficient (Wildman–Crippen LogP) is 3.53. The molecule has 0 radical (unpaired) electrons. The number of rotatable bonds is 4. The third-order valence-electron chi connectivity index (χ3n) is 3.58. The maximum absolute atomic E-state index is 12.2. The van der Waals surface area contributed by atoms with Crippen LogP contribution in [0.4, 0.5) is 11.4 Å². The molecule has 6 heteroatoms. The summed E-state index contributed by atoms with van der Waals surface area (Å²) >= 11 is 0. The van der Waals surface area contributed by atoms with Gasteiger partial charge in [-0.3, -0.25) is 9.59 Å². The Balaban J connectivity index is 1.69. The smallest absolute Gasteiger partial charge is 0.291 e. The van der Waals surface area contributed by atoms with Crippen molar-refractivity contribution in [3.05, 3.63) is 77.4 Å². The molecule has 2 aromatic carbocycles. The lowest BCUT2D eigenvalue weighted by molar-refractivity contribution is 0.101. The van der Waals surface area contributed by atoms with Crippen molar-refractivity contribution in [2.45, 2.75) is 13.8 Å². The molecule has 0 saturated carbocycles. The predicted molar refractivity (Wildman–Crippen MR) is 96.9 cm³/mol. The monoisotopic (exact) mass is 334 g/mol. The molecule has 0 unspecified atom stereocenters. The highest BCUT2D eigenvalue weighted by Crippen LogP contribution is 2.12. The Kier molecular flexibility index (Phi) is 4.61. The maximum atomic E-state index is 12.2. The van der Waals surface area contributed by atoms with Gasteiger partial charge in [0.1, 0.15) is 5.69 Å². The maximum Gasteiger partial charge on any atom is 0.291 e. The second-order valence-corrected chi connectivity index (χ2v) is 5.78. The molecular weight excluding hydrogens is 316 g/mol. The Morgan fingerprint density at radius 1 is 0.880 bits per heavy atom. The largest absolute Gasteiger partial charge is 0.340 e. The molecule has 0 fully saturated rings. The number of hydrogen-bond donors (Lipinski definition) is 3. The molecule has 25 heavy (non-hydrogen) atoms. The van der Waals surface area contributed by atoms with Gasteiger partial charge in [-0.05, 0) is 49.2 Å². The molecule has 0 saturated heterocycles. The first-order valence-electron chi connectivity index (χ1n) is 7.83. The number of carbonyl (C=O) groups excluding carboxylic acids is 2. The molecule has 6 nitrogen and oxygen atoms in total. The van der Waals surface area contributed by atoms with Crippen molar-refractivity contribution in [3.63, 3.8) is 0 Å². The number of benzene rings is 2. The number of H-pyrrole nitrogens is 1. The van der Waals surface area contributed by atoms with E-state index in [1.165, 1.54) is 6.20 Å². The van der Waals surface area contributed by atoms with Crippen LogP contribution in [-0.4, -0.2) is 21.8 Å². The first-order chi connectivity index (χ1) is 12.0. The van der Waals surface area contributed by atoms with Crippen molar-refractivity contribution >= 4 is 23.2 Å². The fourth-order valence-corrected chi connectivity index (χ4v) is 2.39. The first kappa shape index (κ1) is 16.4. The topological polar surface area (TPSA) is 86.9 Å². The molecule has 0 atom stereocenters. The first-order valence-corrected chi connectivity index (χ1v) is 7.83. The van der Waals surface area contributed by atoms with E-state index in [1.54, 1.807) is 12.1 Å². The van der Waals surface area contributed by atoms with Crippen molar-refractivity contribution in [1.82, 2.24) is 9.97 Å². The summed E-state index contributed by atoms with van der Waals surface area (Å²) in [5.74, 6) is -0.701. The van der Waals surface area contributed by atoms with E-state index >= 15 is 0 Å². The molecule has 0 bridgehead atoms. The number of aryl methyl sites for hydroxylation is 2. The summed E-state index contributed by atoms with van der Waals surface area (Å²) in [7, 11) is 0. The average Bonchev–Trinajstić information content (AvgIpc) is 3.05. The van der Waals surface area contributed by atoms with Crippen LogP contribution in [0, 0.1) is 13.8 Å². The second-order valence-electron chi connectivity index (χ2n) is 5.78. The molecular formula is C19H18N4O2. The fraction of sp³-hybridized carbons (Fsp3) is 0.105. The zero-order chi connectivity index (χ0) is 17.8. The Bertz CT molecular complexity index is 856. The Hall–Kier alpha value is -3.41. The Morgan fingerprint density at radius 2 is 1.44 bits per heavy atom. The number of anilines is 2. The van der Waals surface area contributed by atoms with Crippen LogP contribution in [0.5, 0.6) is 0 Å². The quantitative estimate of drug-likeness (QED) is 0.682. The number of nitrogens with zero attached hydrogens (tertiary/aromatic N) is 1. The van der Waals surface area contributed by atoms with E-state index in [-0.39, 0.29) is 17.4 Å². The molecule has 2 amide bonds. The van der Waals surface area contributed by atoms with Crippen molar-refractivity contribution in [2.24, 2.45) is 0 Å². The minimum Gasteiger partial charge on any atom is -0.340 e. The molecule has 1 aromatic heterocycles. The number of hydrogen-bond acceptors (Lipinski definition) is 3. The Morgan fingerprint density at radius 3 is 2.00 bits per heavy atom. The van der Waals surface area contributed by atoms with Gasteiger partial charge in [0.15, 0.2) is 5.82 Å². The number of aromatic nitrogens is 2. The summed E-state index contributed by atoms with van der Waals surface area (Å²) in [6.45, 7) is 3.88. The molecule has 3 rings (SSSR count). The zero-order valence-electron chi connectivity index (χ0n) is 14.0. The lowest BCUT2D eigenvalue weighted by Gasteiger charge is -2.04. The molecule has 0 spiro atoms. The van der Waals surface area contributed by atoms with Gasteiger partial charge in [0.2, 0.25) is 0 Å². The van der Waals surface area contributed by atoms with Gasteiger partial charge in [0, 0.05) is 17.6 Å². The van der Waals surface area contributed by atoms with Crippen LogP contribution in [0.25, 0.3) is 0 Å². The van der Waals surface area contributed by atoms with E-state index in [0.29, 0.717) is 11.4 Å². The number of aromatic amines is 1. The summed E-state index contributed by atoms with van der Waals surface area (Å²) in [5, 5.41) is 5.50. The molecule has 3 aromatic rings. The SMILES string of the molecule is Cc1cccc(NC(=O)c2c[nH]c(C(=O)Nc3cccc(C)c3)n2)c1. The molecule has 0 aliphatic rings. The van der Waals surface area contributed by atoms with Crippen LogP contribution in [0.3, 0.4) is 0 Å². The van der Waals surface area contributed by atoms with Gasteiger partial charge in [-0.2, -0.15) is 0 Å². The summed E-state index contributed by atoms with van der Waals surface area (Å²) in [4.78, 5) is 31.3. The lowest BCUT2D eigenvalue weighted by atomic mass is 10.2. The molecule has 0 aliphatic heterocycles. The lowest BCUT2D eigenvalue weighted by Crippen LogP contribution is -2.15. The Labute approximate surface area is 145 Å². The van der Waals surface area contributed by atoms with E-state index in [0.717, 1.165) is 11.1 Å². The normalized spacial score (nSPS) is 10.3. The van der Waals surface area contributed by atoms with Crippen molar-refractivity contribution in [1.29, 1.82) is 0 Å². The minimum absolute atomic E-state index is 0.0795. The molecule has 126 valence electrons. The van der Waals surface area contributed by atoms with E-state index in [4.69, 9.17) is 0 Å². The van der Waals surface area contributed by atoms with E-state index < -0.39 is 5.91 Å². The average molecular weight is 334 g/mol. The molecule has 0 aliphatic carbocycles. The van der Waals surface area contributed by atoms with E-state index in [9.17, 15) is 9.59 Å². The van der Waals surface area contributed by atoms with Gasteiger partial charge in [0.05, 0.1) is 0 Å². The molecule has 1 heterocycles. The highest BCUT2D eigenvalue weighted by Gasteiger charge is 2.15. The number of imidazole rings is 1. The van der Waals surface area contributed by atoms with Crippen LogP contribution >= 0.6 is 0 Å². The third kappa shape index (κ3) is 4.11. The van der Waals surface area contributed by atoms with Gasteiger partial charge in [-0.25, -0.2) is 4.98 Å². The van der Waals surface area contributed by atoms with Gasteiger partial charge in [-0.15, -0.1) is 0 Å². The van der Waals surface area contributed by atoms with Crippen LogP contribution in [0.1, 0.15) is 32.2 Å². The van der Waals surface area contributed by atoms with E-state index in [2.05, 4.69) is 20.6 Å². The second kappa shape index (κ2) is 7.00. The van der Waals surface area contributed by atoms with Crippen LogP contribution < -0.4 is 10.6 Å². The van der Waals surface area contributed by atoms with Gasteiger partial charge >= 0.3 is 0 Å². The summed E-state index contributed by atoms with van der Waals surface area (Å²) in [6, 6.07) is 14.9. The number of nitrogens with one attached hydrogen (secondary N) is 3. The highest BCUT2D eigenvalue weighted by molar-refractivity contribution is 6.05. The summed E-state index contributed by atoms with van der Waals surface area (Å²) < 4.78 is 0. The van der Waals surface area contributed by atoms with E-state index in [1.807, 2.05) is 50.2 Å². The van der Waals surface area contributed by atoms with Gasteiger partial charge in [0.25, 0.3) is 11.8 Å². The van der Waals surface area contributed by atoms with Crippen molar-refractivity contribution < 1.29 is 9.59 Å². The number of amides is 2. The van der Waals surface area contributed by atoms with Gasteiger partial charge in [-0.1, -0.05) is 24.3 Å². The van der Waals surface area contributed by atoms with Crippen LogP contribution in [-0.2, 0) is 0 Å². The van der Waals surface area contributed by atoms with Crippen molar-refractivity contribution in [2.75, 3.05) is 10.6 Å². The summed E-state index contributed by atoms with van der Waals surface area (Å²) in [6.07, 6.45) is 1.41. The summed E-state index contributed by atoms with van der Waals surface area (Å²) in [5.41, 5.74) is 3.58. The standard InChI is InChI=1S/C19H18N4O2/c1-12-5-3-7-14(9-12)21-18(24)16-11-20-17(23-16)19(25)22-15-8-4-6-13(2)10-15/h3-11H,1-2H3,(H,20,23)(H,21,24)(H,22,25). The minimum atomic E-state index is -0.403. The molecule has 3 N–H and O–H groups in total. The van der Waals surface area contributed by atoms with Gasteiger partial charge < -0.3 is 15.6 Å². The van der Waals surface area contributed by atoms with Crippen LogP contribution in [0.2, 0.25) is 0 Å². The third-order valence-corrected chi connectivity index (χ3v) is 3.58. The highest BCUT2D eigenvalue weighted by atomic mass is 16.2. The number of carbonyl (C=O) groups is 2. The van der Waals surface area contributed by atoms with Crippen LogP contribution in [0.15, 0.2) is 54.7 Å².